The van der Waals surface area contributed by atoms with Crippen molar-refractivity contribution in [2.75, 3.05) is 12.8 Å². The molecule has 2 N–H and O–H groups in total. The van der Waals surface area contributed by atoms with Crippen molar-refractivity contribution >= 4 is 34.8 Å². The Hall–Kier alpha value is -1.78. The van der Waals surface area contributed by atoms with Gasteiger partial charge < -0.3 is 10.6 Å². The topological polar surface area (TPSA) is 46.3 Å². The predicted octanol–water partition coefficient (Wildman–Crippen LogP) is 3.99. The molecule has 0 heterocycles. The number of benzene rings is 2. The molecule has 3 nitrogen and oxygen atoms in total. The summed E-state index contributed by atoms with van der Waals surface area (Å²) in [4.78, 5) is 13.7. The minimum Gasteiger partial charge on any atom is -0.398 e. The highest BCUT2D eigenvalue weighted by molar-refractivity contribution is 6.31. The molecule has 0 aromatic heterocycles. The predicted molar refractivity (Wildman–Crippen MR) is 83.1 cm³/mol. The van der Waals surface area contributed by atoms with Gasteiger partial charge in [0.25, 0.3) is 5.91 Å². The summed E-state index contributed by atoms with van der Waals surface area (Å²) in [5.41, 5.74) is 6.64. The van der Waals surface area contributed by atoms with Crippen molar-refractivity contribution in [3.8, 4) is 0 Å². The lowest BCUT2D eigenvalue weighted by atomic mass is 10.1. The summed E-state index contributed by atoms with van der Waals surface area (Å²) in [6, 6.07) is 9.01. The zero-order valence-electron chi connectivity index (χ0n) is 11.2. The second kappa shape index (κ2) is 6.33. The van der Waals surface area contributed by atoms with E-state index in [4.69, 9.17) is 28.9 Å². The molecule has 0 aliphatic rings. The van der Waals surface area contributed by atoms with Crippen molar-refractivity contribution < 1.29 is 9.18 Å². The first-order chi connectivity index (χ1) is 9.90. The summed E-state index contributed by atoms with van der Waals surface area (Å²) >= 11 is 11.8. The molecule has 2 aromatic carbocycles. The highest BCUT2D eigenvalue weighted by Crippen LogP contribution is 2.23. The van der Waals surface area contributed by atoms with Crippen LogP contribution in [0.5, 0.6) is 0 Å². The van der Waals surface area contributed by atoms with Gasteiger partial charge >= 0.3 is 0 Å². The molecule has 0 unspecified atom stereocenters. The van der Waals surface area contributed by atoms with Gasteiger partial charge in [0.1, 0.15) is 5.82 Å². The van der Waals surface area contributed by atoms with Crippen molar-refractivity contribution in [1.29, 1.82) is 0 Å². The van der Waals surface area contributed by atoms with Crippen LogP contribution in [0.3, 0.4) is 0 Å². The molecule has 0 atom stereocenters. The normalized spacial score (nSPS) is 10.5. The zero-order chi connectivity index (χ0) is 15.6. The molecule has 0 radical (unpaired) electrons. The molecule has 0 aliphatic heterocycles. The second-order valence-corrected chi connectivity index (χ2v) is 5.44. The Morgan fingerprint density at radius 1 is 1.29 bits per heavy atom. The molecule has 0 aliphatic carbocycles. The van der Waals surface area contributed by atoms with E-state index in [0.717, 1.165) is 0 Å². The number of anilines is 1. The van der Waals surface area contributed by atoms with E-state index in [0.29, 0.717) is 10.6 Å². The molecule has 21 heavy (non-hydrogen) atoms. The molecule has 2 aromatic rings. The van der Waals surface area contributed by atoms with E-state index in [9.17, 15) is 9.18 Å². The number of nitrogens with two attached hydrogens (primary N) is 1. The number of nitrogens with zero attached hydrogens (tertiary/aromatic N) is 1. The molecule has 1 amide bonds. The third kappa shape index (κ3) is 3.46. The number of nitrogen functional groups attached to an aromatic ring is 1. The maximum atomic E-state index is 13.7. The number of hydrogen-bond donors (Lipinski definition) is 1. The van der Waals surface area contributed by atoms with Gasteiger partial charge in [0.15, 0.2) is 0 Å². The number of hydrogen-bond acceptors (Lipinski definition) is 2. The van der Waals surface area contributed by atoms with Crippen LogP contribution in [-0.2, 0) is 6.54 Å². The Balaban J connectivity index is 2.24. The van der Waals surface area contributed by atoms with E-state index >= 15 is 0 Å². The molecule has 0 fully saturated rings. The Kier molecular flexibility index (Phi) is 4.70. The lowest BCUT2D eigenvalue weighted by molar-refractivity contribution is 0.0785. The van der Waals surface area contributed by atoms with Gasteiger partial charge in [-0.25, -0.2) is 4.39 Å². The Bertz CT molecular complexity index is 671. The molecule has 110 valence electrons. The number of rotatable bonds is 3. The van der Waals surface area contributed by atoms with Crippen molar-refractivity contribution in [2.24, 2.45) is 0 Å². The van der Waals surface area contributed by atoms with Crippen LogP contribution in [0.2, 0.25) is 10.0 Å². The Morgan fingerprint density at radius 2 is 2.00 bits per heavy atom. The second-order valence-electron chi connectivity index (χ2n) is 4.59. The van der Waals surface area contributed by atoms with E-state index in [1.165, 1.54) is 23.1 Å². The molecule has 0 bridgehead atoms. The maximum absolute atomic E-state index is 13.7. The molecular weight excluding hydrogens is 314 g/mol. The van der Waals surface area contributed by atoms with Crippen LogP contribution in [0.1, 0.15) is 15.9 Å². The highest BCUT2D eigenvalue weighted by atomic mass is 35.5. The fraction of sp³-hybridized carbons (Fsp3) is 0.133. The molecule has 0 saturated carbocycles. The van der Waals surface area contributed by atoms with Crippen molar-refractivity contribution in [3.05, 3.63) is 63.4 Å². The third-order valence-corrected chi connectivity index (χ3v) is 3.64. The summed E-state index contributed by atoms with van der Waals surface area (Å²) in [5.74, 6) is -0.783. The molecular formula is C15H13Cl2FN2O. The minimum atomic E-state index is -0.453. The number of halogens is 3. The number of carbonyl (C=O) groups is 1. The van der Waals surface area contributed by atoms with Gasteiger partial charge in [0, 0.05) is 34.9 Å². The van der Waals surface area contributed by atoms with E-state index in [1.54, 1.807) is 25.2 Å². The first-order valence-electron chi connectivity index (χ1n) is 6.13. The monoisotopic (exact) mass is 326 g/mol. The molecule has 6 heteroatoms. The molecule has 0 spiro atoms. The lowest BCUT2D eigenvalue weighted by Crippen LogP contribution is -2.27. The summed E-state index contributed by atoms with van der Waals surface area (Å²) in [7, 11) is 1.55. The van der Waals surface area contributed by atoms with E-state index in [1.807, 2.05) is 0 Å². The third-order valence-electron chi connectivity index (χ3n) is 3.05. The van der Waals surface area contributed by atoms with Gasteiger partial charge in [-0.15, -0.1) is 0 Å². The standard InChI is InChI=1S/C15H13Cl2FN2O/c1-20(8-11-12(17)3-2-4-13(11)18)15(21)10-6-5-9(16)7-14(10)19/h2-7H,8,19H2,1H3. The minimum absolute atomic E-state index is 0.0480. The molecule has 2 rings (SSSR count). The lowest BCUT2D eigenvalue weighted by Gasteiger charge is -2.19. The van der Waals surface area contributed by atoms with Crippen LogP contribution < -0.4 is 5.73 Å². The molecule has 0 saturated heterocycles. The van der Waals surface area contributed by atoms with E-state index in [2.05, 4.69) is 0 Å². The van der Waals surface area contributed by atoms with Crippen molar-refractivity contribution in [3.63, 3.8) is 0 Å². The number of amides is 1. The van der Waals surface area contributed by atoms with Gasteiger partial charge in [-0.1, -0.05) is 29.3 Å². The van der Waals surface area contributed by atoms with Crippen LogP contribution in [0.25, 0.3) is 0 Å². The van der Waals surface area contributed by atoms with Crippen molar-refractivity contribution in [2.45, 2.75) is 6.54 Å². The fourth-order valence-electron chi connectivity index (χ4n) is 1.93. The summed E-state index contributed by atoms with van der Waals surface area (Å²) in [5, 5.41) is 0.725. The zero-order valence-corrected chi connectivity index (χ0v) is 12.7. The quantitative estimate of drug-likeness (QED) is 0.867. The summed E-state index contributed by atoms with van der Waals surface area (Å²) < 4.78 is 13.7. The Morgan fingerprint density at radius 3 is 2.62 bits per heavy atom. The van der Waals surface area contributed by atoms with Gasteiger partial charge in [-0.3, -0.25) is 4.79 Å². The van der Waals surface area contributed by atoms with Gasteiger partial charge in [0.05, 0.1) is 5.56 Å². The van der Waals surface area contributed by atoms with E-state index < -0.39 is 5.82 Å². The largest absolute Gasteiger partial charge is 0.398 e. The number of carbonyl (C=O) groups excluding carboxylic acids is 1. The maximum Gasteiger partial charge on any atom is 0.255 e. The smallest absolute Gasteiger partial charge is 0.255 e. The van der Waals surface area contributed by atoms with Crippen LogP contribution in [-0.4, -0.2) is 17.9 Å². The summed E-state index contributed by atoms with van der Waals surface area (Å²) in [6.45, 7) is 0.0480. The summed E-state index contributed by atoms with van der Waals surface area (Å²) in [6.07, 6.45) is 0. The average Bonchev–Trinajstić information content (AvgIpc) is 2.42. The van der Waals surface area contributed by atoms with Crippen LogP contribution in [0.4, 0.5) is 10.1 Å². The van der Waals surface area contributed by atoms with Gasteiger partial charge in [0.2, 0.25) is 0 Å². The van der Waals surface area contributed by atoms with E-state index in [-0.39, 0.29) is 28.7 Å². The van der Waals surface area contributed by atoms with Crippen molar-refractivity contribution in [1.82, 2.24) is 4.90 Å². The highest BCUT2D eigenvalue weighted by Gasteiger charge is 2.17. The Labute approximate surface area is 132 Å². The fourth-order valence-corrected chi connectivity index (χ4v) is 2.33. The first-order valence-corrected chi connectivity index (χ1v) is 6.89. The van der Waals surface area contributed by atoms with Gasteiger partial charge in [-0.2, -0.15) is 0 Å². The first kappa shape index (κ1) is 15.6. The SMILES string of the molecule is CN(Cc1c(F)cccc1Cl)C(=O)c1ccc(Cl)cc1N. The van der Waals surface area contributed by atoms with Crippen LogP contribution >= 0.6 is 23.2 Å². The van der Waals surface area contributed by atoms with Crippen LogP contribution in [0, 0.1) is 5.82 Å². The van der Waals surface area contributed by atoms with Crippen LogP contribution in [0.15, 0.2) is 36.4 Å². The average molecular weight is 327 g/mol. The van der Waals surface area contributed by atoms with Gasteiger partial charge in [-0.05, 0) is 30.3 Å².